The van der Waals surface area contributed by atoms with Crippen molar-refractivity contribution in [3.05, 3.63) is 54.1 Å². The summed E-state index contributed by atoms with van der Waals surface area (Å²) >= 11 is -0.116. The lowest BCUT2D eigenvalue weighted by Gasteiger charge is -2.11. The number of amides is 1. The average molecular weight is 337 g/mol. The van der Waals surface area contributed by atoms with Crippen LogP contribution in [0.25, 0.3) is 11.1 Å². The molecule has 1 N–H and O–H groups in total. The number of hydrogen-bond donors (Lipinski definition) is 1. The van der Waals surface area contributed by atoms with Crippen LogP contribution in [0.3, 0.4) is 0 Å². The molecule has 1 saturated heterocycles. The van der Waals surface area contributed by atoms with Gasteiger partial charge in [0.25, 0.3) is 0 Å². The first kappa shape index (κ1) is 15.9. The molecule has 1 amide bonds. The van der Waals surface area contributed by atoms with Crippen molar-refractivity contribution in [2.75, 3.05) is 0 Å². The lowest BCUT2D eigenvalue weighted by atomic mass is 10.00. The fourth-order valence-electron chi connectivity index (χ4n) is 2.62. The standard InChI is InChI=1S/C17H14F3NOS/c18-17(19,20)23-14-7-5-12(6-8-14)11-1-3-13(4-2-11)15-9-10-16(22)21-15/h1-8,15H,9-10H2,(H,21,22)/t15-/m1/s1. The van der Waals surface area contributed by atoms with Crippen molar-refractivity contribution in [1.29, 1.82) is 0 Å². The van der Waals surface area contributed by atoms with Crippen LogP contribution in [-0.4, -0.2) is 11.4 Å². The van der Waals surface area contributed by atoms with E-state index in [9.17, 15) is 18.0 Å². The maximum Gasteiger partial charge on any atom is 0.446 e. The summed E-state index contributed by atoms with van der Waals surface area (Å²) in [5.41, 5.74) is -1.43. The minimum absolute atomic E-state index is 0.0575. The van der Waals surface area contributed by atoms with Crippen molar-refractivity contribution >= 4 is 17.7 Å². The van der Waals surface area contributed by atoms with E-state index in [0.717, 1.165) is 23.1 Å². The number of halogens is 3. The van der Waals surface area contributed by atoms with E-state index < -0.39 is 5.51 Å². The highest BCUT2D eigenvalue weighted by Gasteiger charge is 2.29. The highest BCUT2D eigenvalue weighted by atomic mass is 32.2. The molecule has 0 saturated carbocycles. The molecule has 2 aromatic carbocycles. The Morgan fingerprint density at radius 1 is 0.957 bits per heavy atom. The molecule has 6 heteroatoms. The van der Waals surface area contributed by atoms with Crippen LogP contribution in [0.1, 0.15) is 24.4 Å². The summed E-state index contributed by atoms with van der Waals surface area (Å²) in [6.07, 6.45) is 1.34. The summed E-state index contributed by atoms with van der Waals surface area (Å²) in [5, 5.41) is 2.91. The van der Waals surface area contributed by atoms with E-state index in [0.29, 0.717) is 6.42 Å². The van der Waals surface area contributed by atoms with Crippen LogP contribution >= 0.6 is 11.8 Å². The number of benzene rings is 2. The summed E-state index contributed by atoms with van der Waals surface area (Å²) in [5.74, 6) is 0.0665. The molecule has 0 spiro atoms. The molecule has 23 heavy (non-hydrogen) atoms. The monoisotopic (exact) mass is 337 g/mol. The van der Waals surface area contributed by atoms with Gasteiger partial charge in [0.15, 0.2) is 0 Å². The normalized spacial score (nSPS) is 18.0. The van der Waals surface area contributed by atoms with Gasteiger partial charge in [0.2, 0.25) is 5.91 Å². The molecular weight excluding hydrogens is 323 g/mol. The second kappa shape index (κ2) is 6.28. The first-order valence-electron chi connectivity index (χ1n) is 7.16. The predicted molar refractivity (Wildman–Crippen MR) is 83.9 cm³/mol. The largest absolute Gasteiger partial charge is 0.446 e. The average Bonchev–Trinajstić information content (AvgIpc) is 2.93. The van der Waals surface area contributed by atoms with Crippen LogP contribution in [0.15, 0.2) is 53.4 Å². The summed E-state index contributed by atoms with van der Waals surface area (Å²) in [6, 6.07) is 14.1. The Bertz CT molecular complexity index is 695. The molecule has 1 atom stereocenters. The summed E-state index contributed by atoms with van der Waals surface area (Å²) < 4.78 is 37.0. The Morgan fingerprint density at radius 2 is 1.52 bits per heavy atom. The Labute approximate surface area is 136 Å². The smallest absolute Gasteiger partial charge is 0.349 e. The molecule has 1 aliphatic rings. The van der Waals surface area contributed by atoms with Crippen LogP contribution < -0.4 is 5.32 Å². The van der Waals surface area contributed by atoms with Crippen molar-refractivity contribution in [2.24, 2.45) is 0 Å². The first-order chi connectivity index (χ1) is 10.9. The third kappa shape index (κ3) is 4.07. The molecule has 1 aliphatic heterocycles. The molecule has 0 bridgehead atoms. The number of hydrogen-bond acceptors (Lipinski definition) is 2. The van der Waals surface area contributed by atoms with E-state index in [-0.39, 0.29) is 28.6 Å². The molecule has 0 aromatic heterocycles. The molecule has 0 unspecified atom stereocenters. The van der Waals surface area contributed by atoms with Gasteiger partial charge in [0, 0.05) is 11.3 Å². The van der Waals surface area contributed by atoms with Crippen molar-refractivity contribution in [3.63, 3.8) is 0 Å². The van der Waals surface area contributed by atoms with E-state index in [1.807, 2.05) is 24.3 Å². The zero-order valence-corrected chi connectivity index (χ0v) is 12.9. The van der Waals surface area contributed by atoms with Gasteiger partial charge in [-0.3, -0.25) is 4.79 Å². The van der Waals surface area contributed by atoms with Gasteiger partial charge in [-0.1, -0.05) is 36.4 Å². The summed E-state index contributed by atoms with van der Waals surface area (Å²) in [7, 11) is 0. The molecule has 3 rings (SSSR count). The van der Waals surface area contributed by atoms with E-state index in [1.165, 1.54) is 12.1 Å². The number of alkyl halides is 3. The first-order valence-corrected chi connectivity index (χ1v) is 7.98. The Hall–Kier alpha value is -1.95. The van der Waals surface area contributed by atoms with Gasteiger partial charge in [-0.2, -0.15) is 13.2 Å². The van der Waals surface area contributed by atoms with E-state index in [1.54, 1.807) is 12.1 Å². The number of carbonyl (C=O) groups is 1. The molecule has 0 aliphatic carbocycles. The van der Waals surface area contributed by atoms with Crippen LogP contribution in [0.5, 0.6) is 0 Å². The molecular formula is C17H14F3NOS. The van der Waals surface area contributed by atoms with E-state index >= 15 is 0 Å². The SMILES string of the molecule is O=C1CC[C@H](c2ccc(-c3ccc(SC(F)(F)F)cc3)cc2)N1. The zero-order chi connectivity index (χ0) is 16.4. The molecule has 1 fully saturated rings. The van der Waals surface area contributed by atoms with Crippen molar-refractivity contribution in [2.45, 2.75) is 29.3 Å². The Kier molecular flexibility index (Phi) is 4.35. The van der Waals surface area contributed by atoms with Crippen LogP contribution in [0.4, 0.5) is 13.2 Å². The van der Waals surface area contributed by atoms with Gasteiger partial charge in [0.1, 0.15) is 0 Å². The fraction of sp³-hybridized carbons (Fsp3) is 0.235. The Morgan fingerprint density at radius 3 is 2.00 bits per heavy atom. The number of rotatable bonds is 3. The van der Waals surface area contributed by atoms with Crippen LogP contribution in [0, 0.1) is 0 Å². The van der Waals surface area contributed by atoms with E-state index in [4.69, 9.17) is 0 Å². The lowest BCUT2D eigenvalue weighted by Crippen LogP contribution is -2.18. The number of carbonyl (C=O) groups excluding carboxylic acids is 1. The van der Waals surface area contributed by atoms with Crippen molar-refractivity contribution in [3.8, 4) is 11.1 Å². The fourth-order valence-corrected chi connectivity index (χ4v) is 3.16. The van der Waals surface area contributed by atoms with Gasteiger partial charge >= 0.3 is 5.51 Å². The van der Waals surface area contributed by atoms with Gasteiger partial charge < -0.3 is 5.32 Å². The van der Waals surface area contributed by atoms with Crippen molar-refractivity contribution < 1.29 is 18.0 Å². The Balaban J connectivity index is 1.73. The highest BCUT2D eigenvalue weighted by Crippen LogP contribution is 2.37. The van der Waals surface area contributed by atoms with Gasteiger partial charge in [0.05, 0.1) is 6.04 Å². The third-order valence-electron chi connectivity index (χ3n) is 3.73. The maximum atomic E-state index is 12.3. The quantitative estimate of drug-likeness (QED) is 0.806. The third-order valence-corrected chi connectivity index (χ3v) is 4.47. The second-order valence-electron chi connectivity index (χ2n) is 5.35. The molecule has 120 valence electrons. The molecule has 2 nitrogen and oxygen atoms in total. The predicted octanol–water partition coefficient (Wildman–Crippen LogP) is 4.92. The van der Waals surface area contributed by atoms with Crippen LogP contribution in [0.2, 0.25) is 0 Å². The van der Waals surface area contributed by atoms with E-state index in [2.05, 4.69) is 5.32 Å². The minimum atomic E-state index is -4.27. The topological polar surface area (TPSA) is 29.1 Å². The molecule has 2 aromatic rings. The highest BCUT2D eigenvalue weighted by molar-refractivity contribution is 8.00. The number of thioether (sulfide) groups is 1. The zero-order valence-electron chi connectivity index (χ0n) is 12.1. The maximum absolute atomic E-state index is 12.3. The van der Waals surface area contributed by atoms with Gasteiger partial charge in [-0.15, -0.1) is 0 Å². The second-order valence-corrected chi connectivity index (χ2v) is 6.49. The summed E-state index contributed by atoms with van der Waals surface area (Å²) in [6.45, 7) is 0. The van der Waals surface area contributed by atoms with Gasteiger partial charge in [-0.05, 0) is 47.0 Å². The van der Waals surface area contributed by atoms with Gasteiger partial charge in [-0.25, -0.2) is 0 Å². The van der Waals surface area contributed by atoms with Crippen LogP contribution in [-0.2, 0) is 4.79 Å². The molecule has 1 heterocycles. The lowest BCUT2D eigenvalue weighted by molar-refractivity contribution is -0.119. The summed E-state index contributed by atoms with van der Waals surface area (Å²) in [4.78, 5) is 11.4. The number of nitrogens with one attached hydrogen (secondary N) is 1. The minimum Gasteiger partial charge on any atom is -0.349 e. The molecule has 0 radical (unpaired) electrons. The van der Waals surface area contributed by atoms with Crippen molar-refractivity contribution in [1.82, 2.24) is 5.32 Å².